The Morgan fingerprint density at radius 2 is 0.821 bits per heavy atom. The molecule has 0 radical (unpaired) electrons. The van der Waals surface area contributed by atoms with Gasteiger partial charge in [0.15, 0.2) is 0 Å². The number of hydrogen-bond donors (Lipinski definition) is 2. The van der Waals surface area contributed by atoms with Crippen molar-refractivity contribution in [3.63, 3.8) is 0 Å². The minimum atomic E-state index is -4.45. The number of hydrogen-bond acceptors (Lipinski definition) is 6. The topological polar surface area (TPSA) is 111 Å². The summed E-state index contributed by atoms with van der Waals surface area (Å²) in [6, 6.07) is -0.852. The van der Waals surface area contributed by atoms with Crippen LogP contribution >= 0.6 is 7.82 Å². The molecule has 0 heterocycles. The first kappa shape index (κ1) is 75.5. The predicted molar refractivity (Wildman–Crippen MR) is 337 cm³/mol. The average molecular weight is 1110 g/mol. The SMILES string of the molecule is CC/C=C\C/C=C\C/C=C\C/C=C\C/C=C\CCCCCCCCCCCC(=O)NC(COP(=O)(O)OCC[N+](C)(C)C)C(/C=C\CCCCCCCCCCCCC)OC(=O)CCCCCCCCCCCCCCCC. The van der Waals surface area contributed by atoms with E-state index in [0.717, 1.165) is 103 Å². The van der Waals surface area contributed by atoms with Crippen LogP contribution in [0.3, 0.4) is 0 Å². The van der Waals surface area contributed by atoms with Crippen LogP contribution in [0.4, 0.5) is 0 Å². The molecule has 2 N–H and O–H groups in total. The number of allylic oxidation sites excluding steroid dienone is 11. The summed E-state index contributed by atoms with van der Waals surface area (Å²) in [5.74, 6) is -0.504. The highest BCUT2D eigenvalue weighted by Crippen LogP contribution is 2.43. The molecule has 0 aliphatic heterocycles. The summed E-state index contributed by atoms with van der Waals surface area (Å²) in [6.45, 7) is 6.92. The fourth-order valence-electron chi connectivity index (χ4n) is 9.38. The van der Waals surface area contributed by atoms with E-state index in [2.05, 4.69) is 86.8 Å². The molecule has 0 spiro atoms. The second-order valence-electron chi connectivity index (χ2n) is 23.3. The maximum absolute atomic E-state index is 13.6. The second-order valence-corrected chi connectivity index (χ2v) is 24.7. The van der Waals surface area contributed by atoms with Crippen LogP contribution in [-0.2, 0) is 27.9 Å². The van der Waals surface area contributed by atoms with Gasteiger partial charge in [-0.15, -0.1) is 0 Å². The Labute approximate surface area is 483 Å². The van der Waals surface area contributed by atoms with E-state index < -0.39 is 20.0 Å². The Kier molecular flexibility index (Phi) is 55.8. The Morgan fingerprint density at radius 3 is 1.23 bits per heavy atom. The number of amides is 1. The molecule has 9 nitrogen and oxygen atoms in total. The predicted octanol–water partition coefficient (Wildman–Crippen LogP) is 20.4. The zero-order valence-electron chi connectivity index (χ0n) is 51.9. The summed E-state index contributed by atoms with van der Waals surface area (Å²) in [4.78, 5) is 37.8. The number of carbonyl (C=O) groups is 2. The monoisotopic (exact) mass is 1110 g/mol. The van der Waals surface area contributed by atoms with Crippen LogP contribution in [0.1, 0.15) is 297 Å². The van der Waals surface area contributed by atoms with Gasteiger partial charge in [-0.3, -0.25) is 18.6 Å². The minimum absolute atomic E-state index is 0.0383. The van der Waals surface area contributed by atoms with Crippen molar-refractivity contribution in [2.24, 2.45) is 0 Å². The maximum atomic E-state index is 13.6. The number of phosphoric acid groups is 1. The molecule has 0 saturated carbocycles. The molecule has 0 aromatic rings. The number of quaternary nitrogens is 1. The molecule has 3 unspecified atom stereocenters. The highest BCUT2D eigenvalue weighted by molar-refractivity contribution is 7.47. The van der Waals surface area contributed by atoms with E-state index >= 15 is 0 Å². The summed E-state index contributed by atoms with van der Waals surface area (Å²) < 4.78 is 30.7. The van der Waals surface area contributed by atoms with Crippen LogP contribution in [0.15, 0.2) is 72.9 Å². The Balaban J connectivity index is 5.15. The van der Waals surface area contributed by atoms with Crippen LogP contribution in [-0.4, -0.2) is 74.3 Å². The molecule has 0 saturated heterocycles. The number of esters is 1. The third-order valence-corrected chi connectivity index (χ3v) is 15.4. The molecule has 0 rings (SSSR count). The number of nitrogens with one attached hydrogen (secondary N) is 1. The zero-order chi connectivity index (χ0) is 57.2. The summed E-state index contributed by atoms with van der Waals surface area (Å²) in [5.41, 5.74) is 0. The van der Waals surface area contributed by atoms with Gasteiger partial charge < -0.3 is 19.4 Å². The number of ether oxygens (including phenoxy) is 1. The van der Waals surface area contributed by atoms with Gasteiger partial charge in [-0.2, -0.15) is 0 Å². The van der Waals surface area contributed by atoms with E-state index in [0.29, 0.717) is 23.9 Å². The number of unbranched alkanes of at least 4 members (excludes halogenated alkanes) is 33. The van der Waals surface area contributed by atoms with Crippen molar-refractivity contribution in [3.8, 4) is 0 Å². The van der Waals surface area contributed by atoms with Gasteiger partial charge >= 0.3 is 13.8 Å². The molecule has 0 aromatic carbocycles. The fraction of sp³-hybridized carbons (Fsp3) is 0.794. The van der Waals surface area contributed by atoms with Gasteiger partial charge in [0.2, 0.25) is 5.91 Å². The first-order valence-corrected chi connectivity index (χ1v) is 34.3. The van der Waals surface area contributed by atoms with Gasteiger partial charge in [-0.1, -0.05) is 280 Å². The standard InChI is InChI=1S/C68H125N2O7P/c1-7-10-13-16-19-22-25-28-30-31-32-33-34-35-36-37-38-39-40-42-45-48-51-54-57-60-67(71)69-65(64-76-78(73,74)75-63-62-70(4,5)6)66(59-56-53-50-47-44-41-27-24-21-18-15-12-9-3)77-68(72)61-58-55-52-49-46-43-29-26-23-20-17-14-11-8-2/h10,13,19,22,28,30,32-33,35-36,56,59,65-66H,7-9,11-12,14-18,20-21,23-27,29,31,34,37-55,57-58,60-64H2,1-6H3,(H-,69,71,73,74)/p+1/b13-10-,22-19-,30-28-,33-32-,36-35-,59-56-. The van der Waals surface area contributed by atoms with Crippen LogP contribution < -0.4 is 5.32 Å². The molecule has 1 amide bonds. The first-order valence-electron chi connectivity index (χ1n) is 32.8. The molecule has 0 aliphatic rings. The van der Waals surface area contributed by atoms with Gasteiger partial charge in [-0.05, 0) is 76.7 Å². The van der Waals surface area contributed by atoms with E-state index in [4.69, 9.17) is 13.8 Å². The molecule has 0 fully saturated rings. The lowest BCUT2D eigenvalue weighted by Crippen LogP contribution is -2.47. The van der Waals surface area contributed by atoms with E-state index in [1.165, 1.54) is 161 Å². The molecule has 0 aliphatic carbocycles. The molecule has 3 atom stereocenters. The van der Waals surface area contributed by atoms with E-state index in [1.54, 1.807) is 0 Å². The number of rotatable bonds is 59. The fourth-order valence-corrected chi connectivity index (χ4v) is 10.1. The zero-order valence-corrected chi connectivity index (χ0v) is 52.8. The first-order chi connectivity index (χ1) is 37.9. The highest BCUT2D eigenvalue weighted by atomic mass is 31.2. The third kappa shape index (κ3) is 58.1. The van der Waals surface area contributed by atoms with Crippen molar-refractivity contribution in [3.05, 3.63) is 72.9 Å². The second kappa shape index (κ2) is 57.7. The number of likely N-dealkylation sites (N-methyl/N-ethyl adjacent to an activating group) is 1. The van der Waals surface area contributed by atoms with Crippen LogP contribution in [0.25, 0.3) is 0 Å². The molecule has 78 heavy (non-hydrogen) atoms. The molecular weight excluding hydrogens is 988 g/mol. The molecule has 0 bridgehead atoms. The Morgan fingerprint density at radius 1 is 0.462 bits per heavy atom. The third-order valence-electron chi connectivity index (χ3n) is 14.4. The van der Waals surface area contributed by atoms with Gasteiger partial charge in [0.25, 0.3) is 0 Å². The minimum Gasteiger partial charge on any atom is -0.456 e. The molecule has 454 valence electrons. The van der Waals surface area contributed by atoms with Crippen molar-refractivity contribution in [2.75, 3.05) is 40.9 Å². The van der Waals surface area contributed by atoms with Gasteiger partial charge in [0, 0.05) is 12.8 Å². The average Bonchev–Trinajstić information content (AvgIpc) is 3.40. The van der Waals surface area contributed by atoms with Gasteiger partial charge in [0.05, 0.1) is 33.8 Å². The van der Waals surface area contributed by atoms with Crippen LogP contribution in [0, 0.1) is 0 Å². The van der Waals surface area contributed by atoms with E-state index in [1.807, 2.05) is 33.3 Å². The van der Waals surface area contributed by atoms with Crippen molar-refractivity contribution in [1.82, 2.24) is 5.32 Å². The summed E-state index contributed by atoms with van der Waals surface area (Å²) in [7, 11) is 1.49. The van der Waals surface area contributed by atoms with E-state index in [9.17, 15) is 19.0 Å². The van der Waals surface area contributed by atoms with Crippen LogP contribution in [0.5, 0.6) is 0 Å². The highest BCUT2D eigenvalue weighted by Gasteiger charge is 2.30. The lowest BCUT2D eigenvalue weighted by atomic mass is 10.0. The molecule has 0 aromatic heterocycles. The quantitative estimate of drug-likeness (QED) is 0.0205. The number of phosphoric ester groups is 1. The lowest BCUT2D eigenvalue weighted by Gasteiger charge is -2.27. The van der Waals surface area contributed by atoms with Crippen molar-refractivity contribution < 1.29 is 37.3 Å². The Hall–Kier alpha value is -2.55. The molecular formula is C68H126N2O7P+. The number of nitrogens with zero attached hydrogens (tertiary/aromatic N) is 1. The summed E-state index contributed by atoms with van der Waals surface area (Å²) in [5, 5.41) is 3.06. The maximum Gasteiger partial charge on any atom is 0.472 e. The van der Waals surface area contributed by atoms with Crippen molar-refractivity contribution in [1.29, 1.82) is 0 Å². The van der Waals surface area contributed by atoms with Crippen molar-refractivity contribution >= 4 is 19.7 Å². The van der Waals surface area contributed by atoms with Crippen LogP contribution in [0.2, 0.25) is 0 Å². The normalized spacial score (nSPS) is 14.1. The van der Waals surface area contributed by atoms with Gasteiger partial charge in [-0.25, -0.2) is 4.57 Å². The lowest BCUT2D eigenvalue weighted by molar-refractivity contribution is -0.870. The summed E-state index contributed by atoms with van der Waals surface area (Å²) in [6.07, 6.45) is 74.7. The van der Waals surface area contributed by atoms with Crippen molar-refractivity contribution in [2.45, 2.75) is 309 Å². The summed E-state index contributed by atoms with van der Waals surface area (Å²) >= 11 is 0. The largest absolute Gasteiger partial charge is 0.472 e. The molecule has 10 heteroatoms. The van der Waals surface area contributed by atoms with E-state index in [-0.39, 0.29) is 25.1 Å². The van der Waals surface area contributed by atoms with Gasteiger partial charge in [0.1, 0.15) is 19.3 Å². The Bertz CT molecular complexity index is 1570. The number of carbonyl (C=O) groups excluding carboxylic acids is 2. The smallest absolute Gasteiger partial charge is 0.456 e.